The van der Waals surface area contributed by atoms with Crippen LogP contribution in [-0.4, -0.2) is 31.4 Å². The molecule has 3 rings (SSSR count). The van der Waals surface area contributed by atoms with Gasteiger partial charge in [-0.3, -0.25) is 4.79 Å². The number of benzene rings is 2. The molecule has 28 heavy (non-hydrogen) atoms. The van der Waals surface area contributed by atoms with Gasteiger partial charge < -0.3 is 10.1 Å². The summed E-state index contributed by atoms with van der Waals surface area (Å²) in [7, 11) is -2.25. The molecule has 3 aromatic rings. The number of carbonyl (C=O) groups excluding carboxylic acids is 1. The minimum absolute atomic E-state index is 0.0156. The van der Waals surface area contributed by atoms with Gasteiger partial charge in [-0.15, -0.1) is 0 Å². The molecule has 0 fully saturated rings. The minimum Gasteiger partial charge on any atom is -0.497 e. The number of sulfonamides is 1. The lowest BCUT2D eigenvalue weighted by atomic mass is 10.1. The molecule has 0 radical (unpaired) electrons. The first-order valence-electron chi connectivity index (χ1n) is 8.29. The molecule has 0 unspecified atom stereocenters. The van der Waals surface area contributed by atoms with Gasteiger partial charge in [-0.25, -0.2) is 23.1 Å². The van der Waals surface area contributed by atoms with E-state index in [9.17, 15) is 13.2 Å². The fraction of sp³-hybridized carbons (Fsp3) is 0.105. The lowest BCUT2D eigenvalue weighted by Gasteiger charge is -2.09. The highest BCUT2D eigenvalue weighted by atomic mass is 32.2. The van der Waals surface area contributed by atoms with Gasteiger partial charge in [0, 0.05) is 18.1 Å². The highest BCUT2D eigenvalue weighted by Gasteiger charge is 2.15. The number of ether oxygens (including phenoxy) is 1. The van der Waals surface area contributed by atoms with E-state index in [1.54, 1.807) is 25.3 Å². The first-order chi connectivity index (χ1) is 13.5. The minimum atomic E-state index is -3.82. The van der Waals surface area contributed by atoms with Crippen LogP contribution in [0, 0.1) is 0 Å². The Labute approximate surface area is 162 Å². The number of hydrogen-bond acceptors (Lipinski definition) is 6. The molecule has 9 heteroatoms. The molecule has 2 aromatic carbocycles. The molecule has 1 heterocycles. The van der Waals surface area contributed by atoms with Crippen molar-refractivity contribution in [1.82, 2.24) is 9.97 Å². The standard InChI is InChI=1S/C19H18N4O4S/c1-27-16-5-2-4-14(12-16)13-18(24)22-15-6-8-17(9-7-15)28(25,26)23-19-20-10-3-11-21-19/h2-12H,13H2,1H3,(H,22,24)(H,20,21,23). The van der Waals surface area contributed by atoms with Gasteiger partial charge in [-0.05, 0) is 48.0 Å². The molecule has 0 spiro atoms. The summed E-state index contributed by atoms with van der Waals surface area (Å²) in [6, 6.07) is 14.6. The number of nitrogens with one attached hydrogen (secondary N) is 2. The van der Waals surface area contributed by atoms with E-state index in [4.69, 9.17) is 4.74 Å². The Hall–Kier alpha value is -3.46. The SMILES string of the molecule is COc1cccc(CC(=O)Nc2ccc(S(=O)(=O)Nc3ncccn3)cc2)c1. The predicted octanol–water partition coefficient (Wildman–Crippen LogP) is 2.47. The molecular weight excluding hydrogens is 380 g/mol. The number of nitrogens with zero attached hydrogens (tertiary/aromatic N) is 2. The van der Waals surface area contributed by atoms with E-state index in [1.165, 1.54) is 36.7 Å². The van der Waals surface area contributed by atoms with Gasteiger partial charge in [0.2, 0.25) is 11.9 Å². The van der Waals surface area contributed by atoms with Crippen LogP contribution in [0.15, 0.2) is 71.9 Å². The summed E-state index contributed by atoms with van der Waals surface area (Å²) < 4.78 is 32.1. The number of carbonyl (C=O) groups is 1. The highest BCUT2D eigenvalue weighted by Crippen LogP contribution is 2.17. The second-order valence-corrected chi connectivity index (χ2v) is 7.46. The molecule has 8 nitrogen and oxygen atoms in total. The predicted molar refractivity (Wildman–Crippen MR) is 105 cm³/mol. The van der Waals surface area contributed by atoms with Crippen LogP contribution in [-0.2, 0) is 21.2 Å². The maximum Gasteiger partial charge on any atom is 0.264 e. The van der Waals surface area contributed by atoms with Crippen LogP contribution in [0.25, 0.3) is 0 Å². The lowest BCUT2D eigenvalue weighted by molar-refractivity contribution is -0.115. The van der Waals surface area contributed by atoms with Crippen molar-refractivity contribution in [2.24, 2.45) is 0 Å². The molecule has 0 aliphatic heterocycles. The van der Waals surface area contributed by atoms with E-state index in [1.807, 2.05) is 12.1 Å². The number of hydrogen-bond donors (Lipinski definition) is 2. The summed E-state index contributed by atoms with van der Waals surface area (Å²) in [5, 5.41) is 2.74. The molecule has 1 aromatic heterocycles. The van der Waals surface area contributed by atoms with Crippen molar-refractivity contribution >= 4 is 27.6 Å². The lowest BCUT2D eigenvalue weighted by Crippen LogP contribution is -2.16. The summed E-state index contributed by atoms with van der Waals surface area (Å²) in [4.78, 5) is 19.9. The van der Waals surface area contributed by atoms with E-state index >= 15 is 0 Å². The third-order valence-electron chi connectivity index (χ3n) is 3.74. The average molecular weight is 398 g/mol. The van der Waals surface area contributed by atoms with Crippen LogP contribution in [0.4, 0.5) is 11.6 Å². The summed E-state index contributed by atoms with van der Waals surface area (Å²) in [6.45, 7) is 0. The Morgan fingerprint density at radius 3 is 2.43 bits per heavy atom. The van der Waals surface area contributed by atoms with Crippen LogP contribution in [0.5, 0.6) is 5.75 Å². The Morgan fingerprint density at radius 2 is 1.75 bits per heavy atom. The van der Waals surface area contributed by atoms with Crippen LogP contribution < -0.4 is 14.8 Å². The maximum absolute atomic E-state index is 12.3. The summed E-state index contributed by atoms with van der Waals surface area (Å²) in [6.07, 6.45) is 3.04. The molecule has 2 N–H and O–H groups in total. The molecule has 144 valence electrons. The number of rotatable bonds is 7. The van der Waals surface area contributed by atoms with Crippen molar-refractivity contribution < 1.29 is 17.9 Å². The molecular formula is C19H18N4O4S. The van der Waals surface area contributed by atoms with E-state index in [0.717, 1.165) is 5.56 Å². The third-order valence-corrected chi connectivity index (χ3v) is 5.08. The van der Waals surface area contributed by atoms with Gasteiger partial charge in [0.1, 0.15) is 5.75 Å². The van der Waals surface area contributed by atoms with Crippen molar-refractivity contribution in [2.75, 3.05) is 17.1 Å². The second kappa shape index (κ2) is 8.49. The van der Waals surface area contributed by atoms with Gasteiger partial charge >= 0.3 is 0 Å². The van der Waals surface area contributed by atoms with Crippen molar-refractivity contribution in [2.45, 2.75) is 11.3 Å². The van der Waals surface area contributed by atoms with Crippen LogP contribution in [0.2, 0.25) is 0 Å². The van der Waals surface area contributed by atoms with E-state index in [0.29, 0.717) is 11.4 Å². The number of amides is 1. The second-order valence-electron chi connectivity index (χ2n) is 5.78. The molecule has 0 saturated carbocycles. The Kier molecular flexibility index (Phi) is 5.85. The zero-order chi connectivity index (χ0) is 20.0. The van der Waals surface area contributed by atoms with E-state index in [2.05, 4.69) is 20.0 Å². The number of anilines is 2. The molecule has 1 amide bonds. The normalized spacial score (nSPS) is 10.9. The molecule has 0 aliphatic carbocycles. The monoisotopic (exact) mass is 398 g/mol. The summed E-state index contributed by atoms with van der Waals surface area (Å²) in [5.41, 5.74) is 1.30. The summed E-state index contributed by atoms with van der Waals surface area (Å²) in [5.74, 6) is 0.438. The van der Waals surface area contributed by atoms with Crippen LogP contribution in [0.1, 0.15) is 5.56 Å². The molecule has 0 atom stereocenters. The van der Waals surface area contributed by atoms with E-state index < -0.39 is 10.0 Å². The Morgan fingerprint density at radius 1 is 1.04 bits per heavy atom. The van der Waals surface area contributed by atoms with Crippen LogP contribution in [0.3, 0.4) is 0 Å². The average Bonchev–Trinajstić information content (AvgIpc) is 2.69. The Bertz CT molecular complexity index is 1050. The van der Waals surface area contributed by atoms with Crippen LogP contribution >= 0.6 is 0 Å². The largest absolute Gasteiger partial charge is 0.497 e. The Balaban J connectivity index is 1.64. The van der Waals surface area contributed by atoms with Gasteiger partial charge in [0.15, 0.2) is 0 Å². The third kappa shape index (κ3) is 5.04. The topological polar surface area (TPSA) is 110 Å². The summed E-state index contributed by atoms with van der Waals surface area (Å²) >= 11 is 0. The quantitative estimate of drug-likeness (QED) is 0.633. The molecule has 0 bridgehead atoms. The smallest absolute Gasteiger partial charge is 0.264 e. The first-order valence-corrected chi connectivity index (χ1v) is 9.77. The van der Waals surface area contributed by atoms with Crippen molar-refractivity contribution in [3.63, 3.8) is 0 Å². The van der Waals surface area contributed by atoms with Gasteiger partial charge in [0.05, 0.1) is 18.4 Å². The highest BCUT2D eigenvalue weighted by molar-refractivity contribution is 7.92. The fourth-order valence-corrected chi connectivity index (χ4v) is 3.38. The molecule has 0 aliphatic rings. The molecule has 0 saturated heterocycles. The van der Waals surface area contributed by atoms with Gasteiger partial charge in [-0.2, -0.15) is 0 Å². The van der Waals surface area contributed by atoms with Gasteiger partial charge in [0.25, 0.3) is 10.0 Å². The van der Waals surface area contributed by atoms with Crippen molar-refractivity contribution in [3.8, 4) is 5.75 Å². The number of methoxy groups -OCH3 is 1. The van der Waals surface area contributed by atoms with Crippen molar-refractivity contribution in [3.05, 3.63) is 72.6 Å². The van der Waals surface area contributed by atoms with E-state index in [-0.39, 0.29) is 23.2 Å². The zero-order valence-corrected chi connectivity index (χ0v) is 15.8. The van der Waals surface area contributed by atoms with Gasteiger partial charge in [-0.1, -0.05) is 12.1 Å². The maximum atomic E-state index is 12.3. The van der Waals surface area contributed by atoms with Crippen molar-refractivity contribution in [1.29, 1.82) is 0 Å². The fourth-order valence-electron chi connectivity index (χ4n) is 2.42. The zero-order valence-electron chi connectivity index (χ0n) is 15.0. The first kappa shape index (κ1) is 19.3. The number of aromatic nitrogens is 2.